The third-order valence-electron chi connectivity index (χ3n) is 4.25. The molecule has 25 heavy (non-hydrogen) atoms. The molecule has 0 aliphatic rings. The number of benzene rings is 2. The van der Waals surface area contributed by atoms with E-state index in [1.54, 1.807) is 0 Å². The maximum atomic E-state index is 12.6. The van der Waals surface area contributed by atoms with Crippen LogP contribution < -0.4 is 0 Å². The molecule has 1 amide bonds. The van der Waals surface area contributed by atoms with Crippen LogP contribution in [0, 0.1) is 0 Å². The number of para-hydroxylation sites is 3. The van der Waals surface area contributed by atoms with Gasteiger partial charge in [-0.25, -0.2) is 4.98 Å². The molecule has 0 saturated heterocycles. The molecule has 5 heteroatoms. The molecule has 0 radical (unpaired) electrons. The van der Waals surface area contributed by atoms with Crippen LogP contribution in [0.1, 0.15) is 20.8 Å². The average molecular weight is 353 g/mol. The SMILES string of the molecule is CCN(CC)C(=O)C(C)Sc1nc2ccccc2n1-c1ccccc1. The molecule has 1 heterocycles. The molecular weight excluding hydrogens is 330 g/mol. The van der Waals surface area contributed by atoms with Gasteiger partial charge >= 0.3 is 0 Å². The molecule has 1 aromatic heterocycles. The second-order valence-electron chi connectivity index (χ2n) is 5.82. The zero-order valence-corrected chi connectivity index (χ0v) is 15.7. The number of hydrogen-bond donors (Lipinski definition) is 0. The van der Waals surface area contributed by atoms with E-state index in [2.05, 4.69) is 22.8 Å². The lowest BCUT2D eigenvalue weighted by Gasteiger charge is -2.22. The molecule has 4 nitrogen and oxygen atoms in total. The van der Waals surface area contributed by atoms with Crippen LogP contribution in [0.25, 0.3) is 16.7 Å². The highest BCUT2D eigenvalue weighted by Crippen LogP contribution is 2.30. The van der Waals surface area contributed by atoms with Crippen molar-refractivity contribution in [3.05, 3.63) is 54.6 Å². The van der Waals surface area contributed by atoms with Gasteiger partial charge in [0.1, 0.15) is 0 Å². The van der Waals surface area contributed by atoms with Gasteiger partial charge in [0.15, 0.2) is 5.16 Å². The highest BCUT2D eigenvalue weighted by Gasteiger charge is 2.23. The van der Waals surface area contributed by atoms with Crippen molar-refractivity contribution >= 4 is 28.7 Å². The summed E-state index contributed by atoms with van der Waals surface area (Å²) in [6, 6.07) is 18.2. The zero-order valence-electron chi connectivity index (χ0n) is 14.8. The lowest BCUT2D eigenvalue weighted by atomic mass is 10.3. The van der Waals surface area contributed by atoms with Crippen molar-refractivity contribution in [1.82, 2.24) is 14.5 Å². The van der Waals surface area contributed by atoms with E-state index in [1.165, 1.54) is 11.8 Å². The molecule has 0 aliphatic heterocycles. The van der Waals surface area contributed by atoms with Crippen molar-refractivity contribution in [1.29, 1.82) is 0 Å². The Morgan fingerprint density at radius 1 is 1.08 bits per heavy atom. The molecule has 0 fully saturated rings. The van der Waals surface area contributed by atoms with Gasteiger partial charge in [0, 0.05) is 18.8 Å². The summed E-state index contributed by atoms with van der Waals surface area (Å²) in [5.74, 6) is 0.154. The van der Waals surface area contributed by atoms with Gasteiger partial charge in [-0.3, -0.25) is 9.36 Å². The average Bonchev–Trinajstić information content (AvgIpc) is 3.01. The van der Waals surface area contributed by atoms with Crippen LogP contribution in [0.5, 0.6) is 0 Å². The number of hydrogen-bond acceptors (Lipinski definition) is 3. The predicted octanol–water partition coefficient (Wildman–Crippen LogP) is 4.37. The summed E-state index contributed by atoms with van der Waals surface area (Å²) in [6.07, 6.45) is 0. The van der Waals surface area contributed by atoms with Gasteiger partial charge in [-0.2, -0.15) is 0 Å². The van der Waals surface area contributed by atoms with Gasteiger partial charge in [-0.1, -0.05) is 42.1 Å². The Morgan fingerprint density at radius 3 is 2.40 bits per heavy atom. The molecule has 1 unspecified atom stereocenters. The van der Waals surface area contributed by atoms with Gasteiger partial charge < -0.3 is 4.90 Å². The third kappa shape index (κ3) is 3.56. The number of nitrogens with zero attached hydrogens (tertiary/aromatic N) is 3. The zero-order chi connectivity index (χ0) is 17.8. The molecule has 0 bridgehead atoms. The Bertz CT molecular complexity index is 856. The Hall–Kier alpha value is -2.27. The van der Waals surface area contributed by atoms with Gasteiger partial charge in [-0.15, -0.1) is 0 Å². The van der Waals surface area contributed by atoms with Crippen LogP contribution >= 0.6 is 11.8 Å². The van der Waals surface area contributed by atoms with Crippen LogP contribution in [0.2, 0.25) is 0 Å². The number of amides is 1. The second kappa shape index (κ2) is 7.74. The number of imidazole rings is 1. The van der Waals surface area contributed by atoms with Crippen molar-refractivity contribution < 1.29 is 4.79 Å². The van der Waals surface area contributed by atoms with E-state index < -0.39 is 0 Å². The molecule has 2 aromatic carbocycles. The summed E-state index contributed by atoms with van der Waals surface area (Å²) in [5.41, 5.74) is 3.05. The third-order valence-corrected chi connectivity index (χ3v) is 5.29. The molecule has 1 atom stereocenters. The van der Waals surface area contributed by atoms with Crippen molar-refractivity contribution in [3.8, 4) is 5.69 Å². The summed E-state index contributed by atoms with van der Waals surface area (Å²) < 4.78 is 2.13. The van der Waals surface area contributed by atoms with Gasteiger partial charge in [0.05, 0.1) is 16.3 Å². The number of fused-ring (bicyclic) bond motifs is 1. The lowest BCUT2D eigenvalue weighted by Crippen LogP contribution is -2.36. The first-order valence-corrected chi connectivity index (χ1v) is 9.52. The van der Waals surface area contributed by atoms with Crippen molar-refractivity contribution in [3.63, 3.8) is 0 Å². The lowest BCUT2D eigenvalue weighted by molar-refractivity contribution is -0.129. The minimum atomic E-state index is -0.181. The molecule has 3 aromatic rings. The van der Waals surface area contributed by atoms with Crippen LogP contribution in [-0.2, 0) is 4.79 Å². The van der Waals surface area contributed by atoms with Gasteiger partial charge in [0.2, 0.25) is 5.91 Å². The van der Waals surface area contributed by atoms with E-state index in [0.717, 1.165) is 35.0 Å². The fourth-order valence-corrected chi connectivity index (χ4v) is 3.94. The van der Waals surface area contributed by atoms with E-state index in [-0.39, 0.29) is 11.2 Å². The topological polar surface area (TPSA) is 38.1 Å². The molecule has 130 valence electrons. The number of rotatable bonds is 6. The Labute approximate surface area is 152 Å². The first kappa shape index (κ1) is 17.5. The predicted molar refractivity (Wildman–Crippen MR) is 104 cm³/mol. The van der Waals surface area contributed by atoms with E-state index in [4.69, 9.17) is 4.98 Å². The van der Waals surface area contributed by atoms with E-state index in [1.807, 2.05) is 62.1 Å². The van der Waals surface area contributed by atoms with Crippen LogP contribution in [0.15, 0.2) is 59.8 Å². The molecular formula is C20H23N3OS. The molecule has 0 spiro atoms. The van der Waals surface area contributed by atoms with Gasteiger partial charge in [-0.05, 0) is 45.0 Å². The summed E-state index contributed by atoms with van der Waals surface area (Å²) >= 11 is 1.52. The summed E-state index contributed by atoms with van der Waals surface area (Å²) in [6.45, 7) is 7.45. The summed E-state index contributed by atoms with van der Waals surface area (Å²) in [7, 11) is 0. The van der Waals surface area contributed by atoms with Crippen molar-refractivity contribution in [2.45, 2.75) is 31.2 Å². The van der Waals surface area contributed by atoms with E-state index >= 15 is 0 Å². The largest absolute Gasteiger partial charge is 0.342 e. The Balaban J connectivity index is 2.00. The first-order chi connectivity index (χ1) is 12.2. The van der Waals surface area contributed by atoms with Crippen LogP contribution in [0.3, 0.4) is 0 Å². The van der Waals surface area contributed by atoms with Crippen molar-refractivity contribution in [2.75, 3.05) is 13.1 Å². The summed E-state index contributed by atoms with van der Waals surface area (Å²) in [4.78, 5) is 19.3. The maximum Gasteiger partial charge on any atom is 0.235 e. The van der Waals surface area contributed by atoms with Crippen molar-refractivity contribution in [2.24, 2.45) is 0 Å². The van der Waals surface area contributed by atoms with E-state index in [0.29, 0.717) is 0 Å². The normalized spacial score (nSPS) is 12.3. The Kier molecular flexibility index (Phi) is 5.43. The molecule has 3 rings (SSSR count). The van der Waals surface area contributed by atoms with Crippen LogP contribution in [0.4, 0.5) is 0 Å². The minimum Gasteiger partial charge on any atom is -0.342 e. The number of aromatic nitrogens is 2. The summed E-state index contributed by atoms with van der Waals surface area (Å²) in [5, 5.41) is 0.666. The fraction of sp³-hybridized carbons (Fsp3) is 0.300. The number of carbonyl (C=O) groups excluding carboxylic acids is 1. The fourth-order valence-electron chi connectivity index (χ4n) is 2.91. The number of carbonyl (C=O) groups is 1. The quantitative estimate of drug-likeness (QED) is 0.618. The highest BCUT2D eigenvalue weighted by atomic mass is 32.2. The monoisotopic (exact) mass is 353 g/mol. The van der Waals surface area contributed by atoms with Crippen LogP contribution in [-0.4, -0.2) is 38.7 Å². The standard InChI is InChI=1S/C20H23N3OS/c1-4-22(5-2)19(24)15(3)25-20-21-17-13-9-10-14-18(17)23(20)16-11-7-6-8-12-16/h6-15H,4-5H2,1-3H3. The second-order valence-corrected chi connectivity index (χ2v) is 7.13. The molecule has 0 saturated carbocycles. The highest BCUT2D eigenvalue weighted by molar-refractivity contribution is 8.00. The number of thioether (sulfide) groups is 1. The first-order valence-electron chi connectivity index (χ1n) is 8.64. The maximum absolute atomic E-state index is 12.6. The molecule has 0 aliphatic carbocycles. The molecule has 0 N–H and O–H groups in total. The van der Waals surface area contributed by atoms with E-state index in [9.17, 15) is 4.79 Å². The minimum absolute atomic E-state index is 0.154. The Morgan fingerprint density at radius 2 is 1.72 bits per heavy atom. The smallest absolute Gasteiger partial charge is 0.235 e. The van der Waals surface area contributed by atoms with Gasteiger partial charge in [0.25, 0.3) is 0 Å².